The van der Waals surface area contributed by atoms with Gasteiger partial charge in [0.2, 0.25) is 10.0 Å². The summed E-state index contributed by atoms with van der Waals surface area (Å²) in [5.41, 5.74) is -0.173. The summed E-state index contributed by atoms with van der Waals surface area (Å²) in [5, 5.41) is 4.93. The van der Waals surface area contributed by atoms with Gasteiger partial charge in [0.05, 0.1) is 11.3 Å². The number of primary sulfonamides is 1. The van der Waals surface area contributed by atoms with Gasteiger partial charge in [0.1, 0.15) is 12.7 Å². The Bertz CT molecular complexity index is 714. The Kier molecular flexibility index (Phi) is 3.60. The third-order valence-electron chi connectivity index (χ3n) is 4.42. The first-order chi connectivity index (χ1) is 10.3. The van der Waals surface area contributed by atoms with Gasteiger partial charge in [-0.15, -0.1) is 0 Å². The van der Waals surface area contributed by atoms with Crippen LogP contribution in [-0.2, 0) is 19.6 Å². The summed E-state index contributed by atoms with van der Waals surface area (Å²) < 4.78 is 46.8. The van der Waals surface area contributed by atoms with E-state index in [1.54, 1.807) is 0 Å². The largest absolute Gasteiger partial charge is 0.487 e. The second-order valence-corrected chi connectivity index (χ2v) is 7.38. The van der Waals surface area contributed by atoms with E-state index in [1.165, 1.54) is 12.1 Å². The van der Waals surface area contributed by atoms with Crippen LogP contribution in [-0.4, -0.2) is 27.1 Å². The molecule has 1 aliphatic carbocycles. The lowest BCUT2D eigenvalue weighted by Crippen LogP contribution is -2.41. The zero-order valence-corrected chi connectivity index (χ0v) is 12.6. The molecule has 8 heteroatoms. The van der Waals surface area contributed by atoms with Gasteiger partial charge < -0.3 is 9.47 Å². The maximum atomic E-state index is 13.9. The van der Waals surface area contributed by atoms with E-state index in [4.69, 9.17) is 14.6 Å². The van der Waals surface area contributed by atoms with Crippen molar-refractivity contribution in [2.45, 2.75) is 36.7 Å². The molecule has 1 aliphatic heterocycles. The van der Waals surface area contributed by atoms with E-state index in [-0.39, 0.29) is 34.7 Å². The highest BCUT2D eigenvalue weighted by atomic mass is 32.2. The Hall–Kier alpha value is -1.67. The van der Waals surface area contributed by atoms with Gasteiger partial charge in [-0.2, -0.15) is 0 Å². The standard InChI is InChI=1S/C14H16FNO5S/c15-10-6-9(22(16,18)19)2-3-11(10)20-8-12-14(4-1-5-14)7-13(17)21-12/h2-3,6,12H,1,4-5,7-8H2,(H2,16,18,19). The normalized spacial score (nSPS) is 23.2. The van der Waals surface area contributed by atoms with Gasteiger partial charge in [-0.3, -0.25) is 4.79 Å². The maximum Gasteiger partial charge on any atom is 0.306 e. The van der Waals surface area contributed by atoms with Crippen LogP contribution in [0.3, 0.4) is 0 Å². The minimum absolute atomic E-state index is 0.0530. The van der Waals surface area contributed by atoms with Gasteiger partial charge in [0.25, 0.3) is 0 Å². The number of carbonyl (C=O) groups excluding carboxylic acids is 1. The number of sulfonamides is 1. The number of hydrogen-bond donors (Lipinski definition) is 1. The third-order valence-corrected chi connectivity index (χ3v) is 5.34. The predicted molar refractivity (Wildman–Crippen MR) is 74.0 cm³/mol. The van der Waals surface area contributed by atoms with Crippen molar-refractivity contribution < 1.29 is 27.1 Å². The highest BCUT2D eigenvalue weighted by molar-refractivity contribution is 7.89. The number of nitrogens with two attached hydrogens (primary N) is 1. The van der Waals surface area contributed by atoms with E-state index in [0.717, 1.165) is 25.3 Å². The van der Waals surface area contributed by atoms with E-state index >= 15 is 0 Å². The number of hydrogen-bond acceptors (Lipinski definition) is 5. The molecule has 1 unspecified atom stereocenters. The summed E-state index contributed by atoms with van der Waals surface area (Å²) in [5.74, 6) is -1.17. The fraction of sp³-hybridized carbons (Fsp3) is 0.500. The van der Waals surface area contributed by atoms with Crippen molar-refractivity contribution in [1.82, 2.24) is 0 Å². The predicted octanol–water partition coefficient (Wildman–Crippen LogP) is 1.34. The summed E-state index contributed by atoms with van der Waals surface area (Å²) in [4.78, 5) is 11.1. The van der Waals surface area contributed by atoms with Gasteiger partial charge in [0, 0.05) is 5.41 Å². The van der Waals surface area contributed by atoms with Crippen molar-refractivity contribution in [3.05, 3.63) is 24.0 Å². The minimum Gasteiger partial charge on any atom is -0.487 e. The lowest BCUT2D eigenvalue weighted by Gasteiger charge is -2.40. The van der Waals surface area contributed by atoms with Crippen molar-refractivity contribution in [1.29, 1.82) is 0 Å². The number of carbonyl (C=O) groups is 1. The fourth-order valence-corrected chi connectivity index (χ4v) is 3.53. The second-order valence-electron chi connectivity index (χ2n) is 5.82. The zero-order chi connectivity index (χ0) is 16.0. The molecule has 1 aromatic carbocycles. The topological polar surface area (TPSA) is 95.7 Å². The Balaban J connectivity index is 1.70. The summed E-state index contributed by atoms with van der Waals surface area (Å²) in [6, 6.07) is 3.19. The lowest BCUT2D eigenvalue weighted by atomic mass is 9.64. The van der Waals surface area contributed by atoms with Gasteiger partial charge in [-0.25, -0.2) is 17.9 Å². The van der Waals surface area contributed by atoms with Crippen LogP contribution in [0.5, 0.6) is 5.75 Å². The summed E-state index contributed by atoms with van der Waals surface area (Å²) in [7, 11) is -3.96. The highest BCUT2D eigenvalue weighted by Gasteiger charge is 2.53. The van der Waals surface area contributed by atoms with Crippen LogP contribution in [0.1, 0.15) is 25.7 Å². The van der Waals surface area contributed by atoms with Crippen molar-refractivity contribution in [3.63, 3.8) is 0 Å². The van der Waals surface area contributed by atoms with Crippen LogP contribution < -0.4 is 9.88 Å². The molecule has 0 radical (unpaired) electrons. The molecule has 22 heavy (non-hydrogen) atoms. The number of halogens is 1. The molecular weight excluding hydrogens is 313 g/mol. The third kappa shape index (κ3) is 2.68. The van der Waals surface area contributed by atoms with Crippen molar-refractivity contribution in [2.24, 2.45) is 10.6 Å². The molecule has 1 saturated heterocycles. The Morgan fingerprint density at radius 3 is 2.68 bits per heavy atom. The maximum absolute atomic E-state index is 13.9. The minimum atomic E-state index is -3.96. The smallest absolute Gasteiger partial charge is 0.306 e. The number of rotatable bonds is 4. The molecule has 1 saturated carbocycles. The van der Waals surface area contributed by atoms with E-state index in [2.05, 4.69) is 0 Å². The molecule has 0 aromatic heterocycles. The number of benzene rings is 1. The molecule has 1 spiro atoms. The Labute approximate surface area is 127 Å². The van der Waals surface area contributed by atoms with E-state index in [9.17, 15) is 17.6 Å². The molecule has 0 amide bonds. The van der Waals surface area contributed by atoms with Crippen molar-refractivity contribution in [2.75, 3.05) is 6.61 Å². The molecule has 120 valence electrons. The van der Waals surface area contributed by atoms with Crippen LogP contribution in [0.15, 0.2) is 23.1 Å². The molecule has 2 fully saturated rings. The van der Waals surface area contributed by atoms with Crippen molar-refractivity contribution in [3.8, 4) is 5.75 Å². The molecular formula is C14H16FNO5S. The van der Waals surface area contributed by atoms with Crippen LogP contribution in [0.2, 0.25) is 0 Å². The fourth-order valence-electron chi connectivity index (χ4n) is 3.01. The monoisotopic (exact) mass is 329 g/mol. The van der Waals surface area contributed by atoms with Gasteiger partial charge in [-0.05, 0) is 31.0 Å². The first-order valence-corrected chi connectivity index (χ1v) is 8.49. The average molecular weight is 329 g/mol. The zero-order valence-electron chi connectivity index (χ0n) is 11.7. The molecule has 6 nitrogen and oxygen atoms in total. The number of esters is 1. The molecule has 1 atom stereocenters. The molecule has 2 aliphatic rings. The number of cyclic esters (lactones) is 1. The molecule has 1 aromatic rings. The van der Waals surface area contributed by atoms with Crippen molar-refractivity contribution >= 4 is 16.0 Å². The second kappa shape index (κ2) is 5.20. The first kappa shape index (κ1) is 15.2. The van der Waals surface area contributed by atoms with Gasteiger partial charge >= 0.3 is 5.97 Å². The summed E-state index contributed by atoms with van der Waals surface area (Å²) in [6.07, 6.45) is 2.85. The molecule has 3 rings (SSSR count). The van der Waals surface area contributed by atoms with E-state index < -0.39 is 15.8 Å². The molecule has 2 N–H and O–H groups in total. The SMILES string of the molecule is NS(=O)(=O)c1ccc(OCC2OC(=O)CC23CCC3)c(F)c1. The van der Waals surface area contributed by atoms with Crippen LogP contribution in [0, 0.1) is 11.2 Å². The van der Waals surface area contributed by atoms with E-state index in [1.807, 2.05) is 0 Å². The van der Waals surface area contributed by atoms with Crippen LogP contribution in [0.4, 0.5) is 4.39 Å². The van der Waals surface area contributed by atoms with Crippen LogP contribution >= 0.6 is 0 Å². The number of ether oxygens (including phenoxy) is 2. The molecule has 0 bridgehead atoms. The Morgan fingerprint density at radius 1 is 1.41 bits per heavy atom. The van der Waals surface area contributed by atoms with Gasteiger partial charge in [-0.1, -0.05) is 6.42 Å². The highest BCUT2D eigenvalue weighted by Crippen LogP contribution is 2.51. The average Bonchev–Trinajstić information content (AvgIpc) is 2.73. The lowest BCUT2D eigenvalue weighted by molar-refractivity contribution is -0.143. The Morgan fingerprint density at radius 2 is 2.14 bits per heavy atom. The van der Waals surface area contributed by atoms with Crippen LogP contribution in [0.25, 0.3) is 0 Å². The van der Waals surface area contributed by atoms with E-state index in [0.29, 0.717) is 6.42 Å². The summed E-state index contributed by atoms with van der Waals surface area (Å²) >= 11 is 0. The quantitative estimate of drug-likeness (QED) is 0.841. The summed E-state index contributed by atoms with van der Waals surface area (Å²) in [6.45, 7) is 0.0530. The first-order valence-electron chi connectivity index (χ1n) is 6.95. The van der Waals surface area contributed by atoms with Gasteiger partial charge in [0.15, 0.2) is 11.6 Å². The molecule has 1 heterocycles.